The molecular formula is C6H15NOS. The van der Waals surface area contributed by atoms with E-state index in [1.54, 1.807) is 0 Å². The van der Waals surface area contributed by atoms with Crippen molar-refractivity contribution in [2.75, 3.05) is 5.75 Å². The molecule has 3 atom stereocenters. The first-order valence-electron chi connectivity index (χ1n) is 3.22. The average molecular weight is 149 g/mol. The van der Waals surface area contributed by atoms with E-state index >= 15 is 0 Å². The zero-order valence-corrected chi connectivity index (χ0v) is 7.07. The summed E-state index contributed by atoms with van der Waals surface area (Å²) < 4.78 is 11.0. The van der Waals surface area contributed by atoms with Crippen LogP contribution >= 0.6 is 0 Å². The fourth-order valence-corrected chi connectivity index (χ4v) is 1.51. The molecule has 0 saturated carbocycles. The quantitative estimate of drug-likeness (QED) is 0.634. The average Bonchev–Trinajstić information content (AvgIpc) is 1.84. The summed E-state index contributed by atoms with van der Waals surface area (Å²) in [6.45, 7) is 5.72. The van der Waals surface area contributed by atoms with Gasteiger partial charge in [0.1, 0.15) is 0 Å². The van der Waals surface area contributed by atoms with Crippen LogP contribution in [0.25, 0.3) is 0 Å². The fourth-order valence-electron chi connectivity index (χ4n) is 0.502. The normalized spacial score (nSPS) is 20.9. The zero-order valence-electron chi connectivity index (χ0n) is 6.26. The van der Waals surface area contributed by atoms with Crippen LogP contribution in [0.5, 0.6) is 0 Å². The van der Waals surface area contributed by atoms with Crippen LogP contribution in [0.15, 0.2) is 0 Å². The molecule has 0 aliphatic carbocycles. The highest BCUT2D eigenvalue weighted by molar-refractivity contribution is 7.85. The first kappa shape index (κ1) is 9.11. The molecule has 0 aromatic rings. The minimum Gasteiger partial charge on any atom is -0.327 e. The smallest absolute Gasteiger partial charge is 0.0468 e. The van der Waals surface area contributed by atoms with Gasteiger partial charge in [-0.25, -0.2) is 0 Å². The molecule has 0 aromatic carbocycles. The van der Waals surface area contributed by atoms with Crippen LogP contribution in [0.4, 0.5) is 0 Å². The number of hydrogen-bond donors (Lipinski definition) is 1. The van der Waals surface area contributed by atoms with E-state index in [1.807, 2.05) is 20.8 Å². The molecule has 0 aliphatic rings. The predicted octanol–water partition coefficient (Wildman–Crippen LogP) is 0.491. The summed E-state index contributed by atoms with van der Waals surface area (Å²) >= 11 is 0. The highest BCUT2D eigenvalue weighted by atomic mass is 32.2. The third-order valence-corrected chi connectivity index (χ3v) is 3.27. The van der Waals surface area contributed by atoms with Crippen LogP contribution < -0.4 is 5.73 Å². The van der Waals surface area contributed by atoms with Crippen LogP contribution in [0.1, 0.15) is 20.8 Å². The molecule has 9 heavy (non-hydrogen) atoms. The molecule has 0 bridgehead atoms. The Hall–Kier alpha value is 0.110. The van der Waals surface area contributed by atoms with E-state index in [9.17, 15) is 4.21 Å². The molecule has 2 nitrogen and oxygen atoms in total. The molecule has 0 saturated heterocycles. The van der Waals surface area contributed by atoms with Gasteiger partial charge in [-0.05, 0) is 13.8 Å². The van der Waals surface area contributed by atoms with Gasteiger partial charge in [0.15, 0.2) is 0 Å². The largest absolute Gasteiger partial charge is 0.327 e. The van der Waals surface area contributed by atoms with E-state index in [0.29, 0.717) is 5.75 Å². The van der Waals surface area contributed by atoms with Crippen molar-refractivity contribution >= 4 is 10.8 Å². The summed E-state index contributed by atoms with van der Waals surface area (Å²) in [6, 6.07) is 0.0470. The van der Waals surface area contributed by atoms with Gasteiger partial charge in [0.2, 0.25) is 0 Å². The monoisotopic (exact) mass is 149 g/mol. The molecular weight excluding hydrogens is 134 g/mol. The van der Waals surface area contributed by atoms with Crippen molar-refractivity contribution in [3.05, 3.63) is 0 Å². The van der Waals surface area contributed by atoms with Gasteiger partial charge < -0.3 is 5.73 Å². The molecule has 0 amide bonds. The van der Waals surface area contributed by atoms with E-state index in [1.165, 1.54) is 0 Å². The highest BCUT2D eigenvalue weighted by Crippen LogP contribution is 1.98. The minimum atomic E-state index is -0.727. The molecule has 3 heteroatoms. The first-order valence-corrected chi connectivity index (χ1v) is 4.60. The maximum Gasteiger partial charge on any atom is 0.0468 e. The van der Waals surface area contributed by atoms with Gasteiger partial charge in [-0.3, -0.25) is 4.21 Å². The van der Waals surface area contributed by atoms with Crippen LogP contribution in [0, 0.1) is 0 Å². The second-order valence-corrected chi connectivity index (χ2v) is 4.32. The Labute approximate surface area is 59.3 Å². The van der Waals surface area contributed by atoms with Gasteiger partial charge in [-0.1, -0.05) is 6.92 Å². The second kappa shape index (κ2) is 4.01. The lowest BCUT2D eigenvalue weighted by molar-refractivity contribution is 0.650. The van der Waals surface area contributed by atoms with Crippen molar-refractivity contribution in [1.82, 2.24) is 0 Å². The Bertz CT molecular complexity index is 103. The Morgan fingerprint density at radius 3 is 2.11 bits per heavy atom. The van der Waals surface area contributed by atoms with Crippen LogP contribution in [0.3, 0.4) is 0 Å². The molecule has 0 spiro atoms. The number of nitrogens with two attached hydrogens (primary N) is 1. The lowest BCUT2D eigenvalue weighted by Gasteiger charge is -2.12. The topological polar surface area (TPSA) is 43.1 Å². The standard InChI is InChI=1S/C6H15NOS/c1-4-9(8)6(3)5(2)7/h5-6H,4,7H2,1-3H3. The summed E-state index contributed by atoms with van der Waals surface area (Å²) in [6.07, 6.45) is 0. The summed E-state index contributed by atoms with van der Waals surface area (Å²) in [5, 5.41) is 0.134. The van der Waals surface area contributed by atoms with Crippen LogP contribution in [-0.4, -0.2) is 21.3 Å². The molecule has 0 rings (SSSR count). The lowest BCUT2D eigenvalue weighted by Crippen LogP contribution is -2.33. The Morgan fingerprint density at radius 2 is 2.00 bits per heavy atom. The van der Waals surface area contributed by atoms with Gasteiger partial charge in [0, 0.05) is 27.8 Å². The Balaban J connectivity index is 3.72. The van der Waals surface area contributed by atoms with Crippen LogP contribution in [0.2, 0.25) is 0 Å². The van der Waals surface area contributed by atoms with Gasteiger partial charge in [-0.15, -0.1) is 0 Å². The Morgan fingerprint density at radius 1 is 1.56 bits per heavy atom. The Kier molecular flexibility index (Phi) is 4.06. The van der Waals surface area contributed by atoms with Crippen molar-refractivity contribution < 1.29 is 4.21 Å². The SMILES string of the molecule is CCS(=O)C(C)C(C)N. The molecule has 2 N–H and O–H groups in total. The first-order chi connectivity index (χ1) is 4.09. The van der Waals surface area contributed by atoms with E-state index in [2.05, 4.69) is 0 Å². The predicted molar refractivity (Wildman–Crippen MR) is 41.8 cm³/mol. The second-order valence-electron chi connectivity index (χ2n) is 2.23. The highest BCUT2D eigenvalue weighted by Gasteiger charge is 2.12. The maximum absolute atomic E-state index is 11.0. The fraction of sp³-hybridized carbons (Fsp3) is 1.00. The molecule has 56 valence electrons. The van der Waals surface area contributed by atoms with Gasteiger partial charge in [0.25, 0.3) is 0 Å². The van der Waals surface area contributed by atoms with Crippen molar-refractivity contribution in [2.24, 2.45) is 5.73 Å². The lowest BCUT2D eigenvalue weighted by atomic mass is 10.3. The third-order valence-electron chi connectivity index (χ3n) is 1.44. The van der Waals surface area contributed by atoms with E-state index in [-0.39, 0.29) is 11.3 Å². The van der Waals surface area contributed by atoms with E-state index in [4.69, 9.17) is 5.73 Å². The number of rotatable bonds is 3. The van der Waals surface area contributed by atoms with Gasteiger partial charge in [-0.2, -0.15) is 0 Å². The van der Waals surface area contributed by atoms with Crippen molar-refractivity contribution in [3.8, 4) is 0 Å². The molecule has 0 aromatic heterocycles. The molecule has 0 fully saturated rings. The number of hydrogen-bond acceptors (Lipinski definition) is 2. The van der Waals surface area contributed by atoms with Gasteiger partial charge >= 0.3 is 0 Å². The summed E-state index contributed by atoms with van der Waals surface area (Å²) in [5.74, 6) is 0.711. The molecule has 3 unspecified atom stereocenters. The molecule has 0 heterocycles. The maximum atomic E-state index is 11.0. The summed E-state index contributed by atoms with van der Waals surface area (Å²) in [5.41, 5.74) is 5.52. The minimum absolute atomic E-state index is 0.0470. The van der Waals surface area contributed by atoms with Crippen LogP contribution in [-0.2, 0) is 10.8 Å². The zero-order chi connectivity index (χ0) is 7.44. The van der Waals surface area contributed by atoms with Gasteiger partial charge in [0.05, 0.1) is 0 Å². The molecule has 0 radical (unpaired) electrons. The summed E-state index contributed by atoms with van der Waals surface area (Å²) in [4.78, 5) is 0. The van der Waals surface area contributed by atoms with Crippen molar-refractivity contribution in [1.29, 1.82) is 0 Å². The van der Waals surface area contributed by atoms with Crippen molar-refractivity contribution in [2.45, 2.75) is 32.1 Å². The third kappa shape index (κ3) is 2.96. The molecule has 0 aliphatic heterocycles. The van der Waals surface area contributed by atoms with E-state index in [0.717, 1.165) is 0 Å². The van der Waals surface area contributed by atoms with Crippen molar-refractivity contribution in [3.63, 3.8) is 0 Å². The summed E-state index contributed by atoms with van der Waals surface area (Å²) in [7, 11) is -0.727. The van der Waals surface area contributed by atoms with E-state index < -0.39 is 10.8 Å².